The van der Waals surface area contributed by atoms with Gasteiger partial charge in [0.2, 0.25) is 0 Å². The van der Waals surface area contributed by atoms with Crippen molar-refractivity contribution >= 4 is 11.6 Å². The highest BCUT2D eigenvalue weighted by molar-refractivity contribution is 6.31. The van der Waals surface area contributed by atoms with E-state index in [2.05, 4.69) is 11.4 Å². The zero-order chi connectivity index (χ0) is 15.0. The lowest BCUT2D eigenvalue weighted by Gasteiger charge is -2.24. The van der Waals surface area contributed by atoms with E-state index in [1.54, 1.807) is 6.92 Å². The molecule has 0 fully saturated rings. The fraction of sp³-hybridized carbons (Fsp3) is 0.294. The van der Waals surface area contributed by atoms with Crippen LogP contribution in [0.2, 0.25) is 5.02 Å². The number of fused-ring (bicyclic) bond motifs is 1. The quantitative estimate of drug-likeness (QED) is 0.916. The molecular weight excluding hydrogens is 289 g/mol. The molecule has 110 valence electrons. The summed E-state index contributed by atoms with van der Waals surface area (Å²) in [5.41, 5.74) is 2.67. The minimum Gasteiger partial charge on any atom is -0.493 e. The first-order chi connectivity index (χ1) is 10.1. The number of hydrogen-bond acceptors (Lipinski definition) is 2. The van der Waals surface area contributed by atoms with Crippen molar-refractivity contribution < 1.29 is 9.13 Å². The summed E-state index contributed by atoms with van der Waals surface area (Å²) in [6, 6.07) is 11.2. The summed E-state index contributed by atoms with van der Waals surface area (Å²) < 4.78 is 19.4. The highest BCUT2D eigenvalue weighted by Crippen LogP contribution is 2.42. The predicted molar refractivity (Wildman–Crippen MR) is 82.6 cm³/mol. The van der Waals surface area contributed by atoms with Gasteiger partial charge in [0.15, 0.2) is 0 Å². The van der Waals surface area contributed by atoms with Crippen molar-refractivity contribution in [3.8, 4) is 5.75 Å². The molecule has 0 saturated carbocycles. The largest absolute Gasteiger partial charge is 0.493 e. The van der Waals surface area contributed by atoms with Crippen LogP contribution in [0.4, 0.5) is 4.39 Å². The summed E-state index contributed by atoms with van der Waals surface area (Å²) in [6.07, 6.45) is 0. The molecule has 0 aliphatic carbocycles. The SMILES string of the molecule is CNC(c1cc(C)c(F)cc1Cl)C1COc2ccccc21. The van der Waals surface area contributed by atoms with Gasteiger partial charge in [-0.15, -0.1) is 0 Å². The van der Waals surface area contributed by atoms with Crippen molar-refractivity contribution in [2.75, 3.05) is 13.7 Å². The summed E-state index contributed by atoms with van der Waals surface area (Å²) in [5.74, 6) is 0.799. The molecule has 2 atom stereocenters. The Kier molecular flexibility index (Phi) is 3.87. The Bertz CT molecular complexity index is 674. The van der Waals surface area contributed by atoms with E-state index in [0.29, 0.717) is 17.2 Å². The Morgan fingerprint density at radius 2 is 2.10 bits per heavy atom. The number of ether oxygens (including phenoxy) is 1. The average Bonchev–Trinajstić information content (AvgIpc) is 2.89. The standard InChI is InChI=1S/C17H17ClFNO/c1-10-7-12(14(18)8-15(10)19)17(20-2)13-9-21-16-6-4-3-5-11(13)16/h3-8,13,17,20H,9H2,1-2H3. The lowest BCUT2D eigenvalue weighted by Crippen LogP contribution is -2.25. The number of halogens is 2. The number of benzene rings is 2. The molecule has 1 heterocycles. The third-order valence-corrected chi connectivity index (χ3v) is 4.39. The van der Waals surface area contributed by atoms with Crippen molar-refractivity contribution in [3.05, 3.63) is 63.9 Å². The van der Waals surface area contributed by atoms with Crippen molar-refractivity contribution in [1.29, 1.82) is 0 Å². The molecule has 0 aromatic heterocycles. The first-order valence-corrected chi connectivity index (χ1v) is 7.34. The van der Waals surface area contributed by atoms with Gasteiger partial charge in [0.1, 0.15) is 11.6 Å². The van der Waals surface area contributed by atoms with Gasteiger partial charge < -0.3 is 10.1 Å². The summed E-state index contributed by atoms with van der Waals surface area (Å²) >= 11 is 6.26. The topological polar surface area (TPSA) is 21.3 Å². The van der Waals surface area contributed by atoms with Crippen molar-refractivity contribution in [3.63, 3.8) is 0 Å². The minimum absolute atomic E-state index is 0.0135. The number of nitrogens with one attached hydrogen (secondary N) is 1. The van der Waals surface area contributed by atoms with E-state index >= 15 is 0 Å². The molecule has 0 amide bonds. The van der Waals surface area contributed by atoms with E-state index in [4.69, 9.17) is 16.3 Å². The Morgan fingerprint density at radius 1 is 1.33 bits per heavy atom. The molecule has 2 nitrogen and oxygen atoms in total. The number of rotatable bonds is 3. The number of para-hydroxylation sites is 1. The first-order valence-electron chi connectivity index (χ1n) is 6.96. The lowest BCUT2D eigenvalue weighted by atomic mass is 9.88. The molecule has 0 saturated heterocycles. The van der Waals surface area contributed by atoms with Crippen LogP contribution < -0.4 is 10.1 Å². The molecule has 1 aliphatic heterocycles. The maximum absolute atomic E-state index is 13.6. The molecule has 1 N–H and O–H groups in total. The molecular formula is C17H17ClFNO. The van der Waals surface area contributed by atoms with Crippen LogP contribution in [0.1, 0.15) is 28.7 Å². The average molecular weight is 306 g/mol. The zero-order valence-corrected chi connectivity index (χ0v) is 12.7. The third kappa shape index (κ3) is 2.52. The Balaban J connectivity index is 2.03. The third-order valence-electron chi connectivity index (χ3n) is 4.06. The van der Waals surface area contributed by atoms with Crippen LogP contribution in [0, 0.1) is 12.7 Å². The number of aryl methyl sites for hydroxylation is 1. The summed E-state index contributed by atoms with van der Waals surface area (Å²) in [4.78, 5) is 0. The van der Waals surface area contributed by atoms with Gasteiger partial charge in [-0.2, -0.15) is 0 Å². The molecule has 0 radical (unpaired) electrons. The van der Waals surface area contributed by atoms with Crippen LogP contribution in [-0.4, -0.2) is 13.7 Å². The van der Waals surface area contributed by atoms with E-state index in [9.17, 15) is 4.39 Å². The molecule has 4 heteroatoms. The maximum Gasteiger partial charge on any atom is 0.127 e. The van der Waals surface area contributed by atoms with Crippen molar-refractivity contribution in [1.82, 2.24) is 5.32 Å². The van der Waals surface area contributed by atoms with Crippen LogP contribution in [0.25, 0.3) is 0 Å². The van der Waals surface area contributed by atoms with E-state index < -0.39 is 0 Å². The zero-order valence-electron chi connectivity index (χ0n) is 12.0. The smallest absolute Gasteiger partial charge is 0.127 e. The van der Waals surface area contributed by atoms with Gasteiger partial charge in [0.25, 0.3) is 0 Å². The molecule has 3 rings (SSSR count). The Hall–Kier alpha value is -1.58. The fourth-order valence-corrected chi connectivity index (χ4v) is 3.22. The van der Waals surface area contributed by atoms with Crippen molar-refractivity contribution in [2.45, 2.75) is 18.9 Å². The van der Waals surface area contributed by atoms with Gasteiger partial charge in [0.05, 0.1) is 6.61 Å². The Labute approximate surface area is 128 Å². The monoisotopic (exact) mass is 305 g/mol. The van der Waals surface area contributed by atoms with Crippen LogP contribution in [0.5, 0.6) is 5.75 Å². The van der Waals surface area contributed by atoms with Gasteiger partial charge in [-0.05, 0) is 37.2 Å². The lowest BCUT2D eigenvalue weighted by molar-refractivity contribution is 0.304. The summed E-state index contributed by atoms with van der Waals surface area (Å²) in [6.45, 7) is 2.35. The molecule has 2 aromatic carbocycles. The van der Waals surface area contributed by atoms with Crippen LogP contribution in [0.3, 0.4) is 0 Å². The second-order valence-electron chi connectivity index (χ2n) is 5.34. The fourth-order valence-electron chi connectivity index (χ4n) is 2.95. The van der Waals surface area contributed by atoms with Gasteiger partial charge in [-0.25, -0.2) is 4.39 Å². The molecule has 0 spiro atoms. The van der Waals surface area contributed by atoms with E-state index in [-0.39, 0.29) is 17.8 Å². The first kappa shape index (κ1) is 14.4. The molecule has 0 bridgehead atoms. The maximum atomic E-state index is 13.6. The highest BCUT2D eigenvalue weighted by Gasteiger charge is 2.32. The van der Waals surface area contributed by atoms with Crippen LogP contribution in [0.15, 0.2) is 36.4 Å². The van der Waals surface area contributed by atoms with Gasteiger partial charge in [-0.3, -0.25) is 0 Å². The highest BCUT2D eigenvalue weighted by atomic mass is 35.5. The summed E-state index contributed by atoms with van der Waals surface area (Å²) in [5, 5.41) is 3.75. The molecule has 21 heavy (non-hydrogen) atoms. The second-order valence-corrected chi connectivity index (χ2v) is 5.75. The summed E-state index contributed by atoms with van der Waals surface area (Å²) in [7, 11) is 1.89. The van der Waals surface area contributed by atoms with Gasteiger partial charge >= 0.3 is 0 Å². The van der Waals surface area contributed by atoms with Crippen molar-refractivity contribution in [2.24, 2.45) is 0 Å². The van der Waals surface area contributed by atoms with E-state index in [1.807, 2.05) is 31.3 Å². The molecule has 2 unspecified atom stereocenters. The molecule has 1 aliphatic rings. The Morgan fingerprint density at radius 3 is 2.86 bits per heavy atom. The predicted octanol–water partition coefficient (Wildman–Crippen LogP) is 4.22. The normalized spacial score (nSPS) is 18.2. The second kappa shape index (κ2) is 5.66. The van der Waals surface area contributed by atoms with E-state index in [0.717, 1.165) is 16.9 Å². The van der Waals surface area contributed by atoms with Crippen LogP contribution in [-0.2, 0) is 0 Å². The number of hydrogen-bond donors (Lipinski definition) is 1. The van der Waals surface area contributed by atoms with Gasteiger partial charge in [0, 0.05) is 22.5 Å². The van der Waals surface area contributed by atoms with Crippen LogP contribution >= 0.6 is 11.6 Å². The minimum atomic E-state index is -0.276. The molecule has 2 aromatic rings. The van der Waals surface area contributed by atoms with Gasteiger partial charge in [-0.1, -0.05) is 35.9 Å². The van der Waals surface area contributed by atoms with E-state index in [1.165, 1.54) is 6.07 Å². The number of likely N-dealkylation sites (N-methyl/N-ethyl adjacent to an activating group) is 1.